The largest absolute Gasteiger partial charge is 0.465 e. The van der Waals surface area contributed by atoms with E-state index in [0.29, 0.717) is 30.9 Å². The van der Waals surface area contributed by atoms with E-state index in [1.807, 2.05) is 6.20 Å². The lowest BCUT2D eigenvalue weighted by Gasteiger charge is -2.28. The minimum absolute atomic E-state index is 0.0603. The van der Waals surface area contributed by atoms with Gasteiger partial charge in [-0.3, -0.25) is 4.79 Å². The Morgan fingerprint density at radius 2 is 2.10 bits per heavy atom. The monoisotopic (exact) mass is 396 g/mol. The number of esters is 1. The maximum Gasteiger partial charge on any atom is 0.337 e. The summed E-state index contributed by atoms with van der Waals surface area (Å²) in [5.41, 5.74) is 3.04. The van der Waals surface area contributed by atoms with Crippen LogP contribution in [-0.2, 0) is 27.1 Å². The molecular formula is C21H24N4O4. The molecule has 1 N–H and O–H groups in total. The molecule has 1 saturated heterocycles. The van der Waals surface area contributed by atoms with Crippen molar-refractivity contribution in [1.82, 2.24) is 9.97 Å². The van der Waals surface area contributed by atoms with E-state index in [2.05, 4.69) is 15.2 Å². The van der Waals surface area contributed by atoms with Crippen LogP contribution in [-0.4, -0.2) is 55.3 Å². The van der Waals surface area contributed by atoms with Gasteiger partial charge in [-0.2, -0.15) is 0 Å². The first-order chi connectivity index (χ1) is 14.1. The van der Waals surface area contributed by atoms with Crippen LogP contribution in [0.1, 0.15) is 28.0 Å². The van der Waals surface area contributed by atoms with Crippen molar-refractivity contribution >= 4 is 23.5 Å². The van der Waals surface area contributed by atoms with Crippen molar-refractivity contribution in [3.8, 4) is 0 Å². The predicted molar refractivity (Wildman–Crippen MR) is 107 cm³/mol. The van der Waals surface area contributed by atoms with Gasteiger partial charge in [-0.25, -0.2) is 14.8 Å². The van der Waals surface area contributed by atoms with Crippen molar-refractivity contribution in [2.75, 3.05) is 43.6 Å². The highest BCUT2D eigenvalue weighted by Gasteiger charge is 2.27. The van der Waals surface area contributed by atoms with Crippen LogP contribution in [0.15, 0.2) is 30.5 Å². The quantitative estimate of drug-likeness (QED) is 0.788. The molecule has 0 saturated carbocycles. The number of benzene rings is 1. The average molecular weight is 396 g/mol. The number of rotatable bonds is 4. The number of hydrogen-bond donors (Lipinski definition) is 1. The number of ether oxygens (including phenoxy) is 2. The zero-order chi connectivity index (χ0) is 20.2. The first-order valence-corrected chi connectivity index (χ1v) is 9.81. The van der Waals surface area contributed by atoms with E-state index in [-0.39, 0.29) is 11.8 Å². The highest BCUT2D eigenvalue weighted by molar-refractivity contribution is 5.95. The van der Waals surface area contributed by atoms with E-state index < -0.39 is 5.97 Å². The van der Waals surface area contributed by atoms with Gasteiger partial charge in [0.05, 0.1) is 25.9 Å². The summed E-state index contributed by atoms with van der Waals surface area (Å²) in [6, 6.07) is 6.76. The normalized spacial score (nSPS) is 18.7. The van der Waals surface area contributed by atoms with Crippen LogP contribution in [0.4, 0.5) is 11.6 Å². The molecule has 1 amide bonds. The molecule has 2 heterocycles. The molecule has 8 heteroatoms. The fraction of sp³-hybridized carbons (Fsp3) is 0.429. The Labute approximate surface area is 169 Å². The van der Waals surface area contributed by atoms with Crippen molar-refractivity contribution in [3.63, 3.8) is 0 Å². The molecule has 0 spiro atoms. The highest BCUT2D eigenvalue weighted by Crippen LogP contribution is 2.27. The number of carbonyl (C=O) groups is 2. The second-order valence-electron chi connectivity index (χ2n) is 7.24. The summed E-state index contributed by atoms with van der Waals surface area (Å²) in [6.45, 7) is 2.99. The third-order valence-electron chi connectivity index (χ3n) is 5.35. The molecule has 1 unspecified atom stereocenters. The van der Waals surface area contributed by atoms with E-state index in [1.54, 1.807) is 24.3 Å². The molecule has 8 nitrogen and oxygen atoms in total. The average Bonchev–Trinajstić information content (AvgIpc) is 2.78. The van der Waals surface area contributed by atoms with Crippen LogP contribution >= 0.6 is 0 Å². The topological polar surface area (TPSA) is 93.6 Å². The van der Waals surface area contributed by atoms with Gasteiger partial charge in [-0.05, 0) is 43.0 Å². The molecule has 1 atom stereocenters. The second-order valence-corrected chi connectivity index (χ2v) is 7.24. The summed E-state index contributed by atoms with van der Waals surface area (Å²) >= 11 is 0. The molecule has 1 aromatic carbocycles. The van der Waals surface area contributed by atoms with Gasteiger partial charge < -0.3 is 19.7 Å². The van der Waals surface area contributed by atoms with E-state index >= 15 is 0 Å². The third-order valence-corrected chi connectivity index (χ3v) is 5.35. The van der Waals surface area contributed by atoms with Crippen LogP contribution in [0.2, 0.25) is 0 Å². The minimum Gasteiger partial charge on any atom is -0.465 e. The van der Waals surface area contributed by atoms with Gasteiger partial charge in [-0.15, -0.1) is 0 Å². The van der Waals surface area contributed by atoms with Gasteiger partial charge in [0.15, 0.2) is 0 Å². The number of carbonyl (C=O) groups excluding carboxylic acids is 2. The number of nitrogens with zero attached hydrogens (tertiary/aromatic N) is 3. The maximum absolute atomic E-state index is 12.8. The Kier molecular flexibility index (Phi) is 5.71. The van der Waals surface area contributed by atoms with Gasteiger partial charge >= 0.3 is 5.97 Å². The molecule has 2 aromatic rings. The van der Waals surface area contributed by atoms with E-state index in [0.717, 1.165) is 43.1 Å². The van der Waals surface area contributed by atoms with Crippen LogP contribution in [0, 0.1) is 5.92 Å². The zero-order valence-corrected chi connectivity index (χ0v) is 16.4. The van der Waals surface area contributed by atoms with Crippen molar-refractivity contribution in [2.24, 2.45) is 5.92 Å². The second kappa shape index (κ2) is 8.57. The Bertz CT molecular complexity index is 911. The Hall–Kier alpha value is -3.00. The standard InChI is InChI=1S/C21H24N4O4/c1-28-20(27)15-3-2-4-17(12-15)23-19(26)14-5-6-18-16(11-14)13-22-21(24-18)25-7-9-29-10-8-25/h2-4,12-14H,5-11H2,1H3,(H,23,26). The maximum atomic E-state index is 12.8. The van der Waals surface area contributed by atoms with Crippen LogP contribution in [0.3, 0.4) is 0 Å². The first-order valence-electron chi connectivity index (χ1n) is 9.81. The number of aryl methyl sites for hydroxylation is 1. The van der Waals surface area contributed by atoms with Gasteiger partial charge in [0.25, 0.3) is 0 Å². The summed E-state index contributed by atoms with van der Waals surface area (Å²) in [6.07, 6.45) is 3.94. The first kappa shape index (κ1) is 19.3. The molecule has 2 aliphatic rings. The molecule has 152 valence electrons. The lowest BCUT2D eigenvalue weighted by molar-refractivity contribution is -0.120. The number of morpholine rings is 1. The van der Waals surface area contributed by atoms with Crippen LogP contribution in [0.25, 0.3) is 0 Å². The summed E-state index contributed by atoms with van der Waals surface area (Å²) < 4.78 is 10.1. The SMILES string of the molecule is COC(=O)c1cccc(NC(=O)C2CCc3nc(N4CCOCC4)ncc3C2)c1. The fourth-order valence-corrected chi connectivity index (χ4v) is 3.72. The van der Waals surface area contributed by atoms with Gasteiger partial charge in [0, 0.05) is 36.6 Å². The predicted octanol–water partition coefficient (Wildman–Crippen LogP) is 1.84. The minimum atomic E-state index is -0.430. The summed E-state index contributed by atoms with van der Waals surface area (Å²) in [4.78, 5) is 35.8. The lowest BCUT2D eigenvalue weighted by Crippen LogP contribution is -2.38. The van der Waals surface area contributed by atoms with E-state index in [1.165, 1.54) is 7.11 Å². The van der Waals surface area contributed by atoms with Crippen molar-refractivity contribution < 1.29 is 19.1 Å². The number of nitrogens with one attached hydrogen (secondary N) is 1. The summed E-state index contributed by atoms with van der Waals surface area (Å²) in [5, 5.41) is 2.92. The molecule has 4 rings (SSSR count). The number of fused-ring (bicyclic) bond motifs is 1. The Morgan fingerprint density at radius 3 is 2.90 bits per heavy atom. The number of amides is 1. The molecule has 1 aromatic heterocycles. The Balaban J connectivity index is 1.41. The molecular weight excluding hydrogens is 372 g/mol. The van der Waals surface area contributed by atoms with Crippen LogP contribution < -0.4 is 10.2 Å². The van der Waals surface area contributed by atoms with E-state index in [9.17, 15) is 9.59 Å². The van der Waals surface area contributed by atoms with Crippen molar-refractivity contribution in [1.29, 1.82) is 0 Å². The molecule has 29 heavy (non-hydrogen) atoms. The van der Waals surface area contributed by atoms with Crippen molar-refractivity contribution in [3.05, 3.63) is 47.3 Å². The zero-order valence-electron chi connectivity index (χ0n) is 16.4. The number of aromatic nitrogens is 2. The van der Waals surface area contributed by atoms with Gasteiger partial charge in [-0.1, -0.05) is 6.07 Å². The van der Waals surface area contributed by atoms with Crippen molar-refractivity contribution in [2.45, 2.75) is 19.3 Å². The molecule has 0 bridgehead atoms. The van der Waals surface area contributed by atoms with Gasteiger partial charge in [0.2, 0.25) is 11.9 Å². The fourth-order valence-electron chi connectivity index (χ4n) is 3.72. The molecule has 1 fully saturated rings. The molecule has 0 radical (unpaired) electrons. The molecule has 1 aliphatic carbocycles. The smallest absolute Gasteiger partial charge is 0.337 e. The summed E-state index contributed by atoms with van der Waals surface area (Å²) in [5.74, 6) is 0.104. The number of methoxy groups -OCH3 is 1. The lowest BCUT2D eigenvalue weighted by atomic mass is 9.86. The third kappa shape index (κ3) is 4.37. The summed E-state index contributed by atoms with van der Waals surface area (Å²) in [7, 11) is 1.33. The van der Waals surface area contributed by atoms with Crippen LogP contribution in [0.5, 0.6) is 0 Å². The van der Waals surface area contributed by atoms with Gasteiger partial charge in [0.1, 0.15) is 0 Å². The molecule has 1 aliphatic heterocycles. The highest BCUT2D eigenvalue weighted by atomic mass is 16.5. The Morgan fingerprint density at radius 1 is 1.28 bits per heavy atom. The number of anilines is 2. The van der Waals surface area contributed by atoms with E-state index in [4.69, 9.17) is 14.5 Å². The number of hydrogen-bond acceptors (Lipinski definition) is 7.